The molecule has 2 aromatic carbocycles. The standard InChI is InChI=1S/C27H30O4S/c1-16-8-10-18(11-9-16)25-23(20-12-13-21-19(15-20)7-6-14-30-21)22(17(2)32-25)24(26(28)29)31-27(3,4)5/h8-13,15,24H,6-7,14H2,1-5H3,(H,28,29). The average Bonchev–Trinajstić information content (AvgIpc) is 3.08. The Morgan fingerprint density at radius 3 is 2.44 bits per heavy atom. The first-order valence-corrected chi connectivity index (χ1v) is 11.8. The van der Waals surface area contributed by atoms with E-state index in [1.807, 2.05) is 39.8 Å². The number of fused-ring (bicyclic) bond motifs is 1. The molecule has 0 radical (unpaired) electrons. The predicted molar refractivity (Wildman–Crippen MR) is 130 cm³/mol. The highest BCUT2D eigenvalue weighted by Crippen LogP contribution is 2.48. The van der Waals surface area contributed by atoms with Gasteiger partial charge >= 0.3 is 5.97 Å². The zero-order valence-corrected chi connectivity index (χ0v) is 20.1. The summed E-state index contributed by atoms with van der Waals surface area (Å²) in [6.07, 6.45) is 0.900. The number of benzene rings is 2. The molecular weight excluding hydrogens is 420 g/mol. The number of hydrogen-bond donors (Lipinski definition) is 1. The van der Waals surface area contributed by atoms with Gasteiger partial charge in [-0.2, -0.15) is 0 Å². The Kier molecular flexibility index (Phi) is 6.15. The van der Waals surface area contributed by atoms with E-state index in [9.17, 15) is 9.90 Å². The smallest absolute Gasteiger partial charge is 0.337 e. The molecule has 0 spiro atoms. The SMILES string of the molecule is Cc1ccc(-c2sc(C)c(C(OC(C)(C)C)C(=O)O)c2-c2ccc3c(c2)CCCO3)cc1. The monoisotopic (exact) mass is 450 g/mol. The summed E-state index contributed by atoms with van der Waals surface area (Å²) in [4.78, 5) is 14.4. The number of hydrogen-bond acceptors (Lipinski definition) is 4. The molecule has 4 rings (SSSR count). The molecule has 0 fully saturated rings. The number of thiophene rings is 1. The van der Waals surface area contributed by atoms with E-state index in [1.54, 1.807) is 11.3 Å². The van der Waals surface area contributed by atoms with Gasteiger partial charge in [0.25, 0.3) is 0 Å². The van der Waals surface area contributed by atoms with Gasteiger partial charge in [-0.3, -0.25) is 0 Å². The van der Waals surface area contributed by atoms with Crippen LogP contribution in [0.5, 0.6) is 5.75 Å². The second-order valence-electron chi connectivity index (χ2n) is 9.37. The zero-order chi connectivity index (χ0) is 23.0. The fraction of sp³-hybridized carbons (Fsp3) is 0.370. The highest BCUT2D eigenvalue weighted by Gasteiger charge is 2.33. The van der Waals surface area contributed by atoms with Crippen molar-refractivity contribution in [1.29, 1.82) is 0 Å². The molecule has 0 saturated heterocycles. The normalized spacial score (nSPS) is 14.5. The van der Waals surface area contributed by atoms with Gasteiger partial charge in [0, 0.05) is 20.9 Å². The summed E-state index contributed by atoms with van der Waals surface area (Å²) >= 11 is 1.63. The fourth-order valence-corrected chi connectivity index (χ4v) is 5.38. The van der Waals surface area contributed by atoms with E-state index in [-0.39, 0.29) is 0 Å². The van der Waals surface area contributed by atoms with Crippen LogP contribution < -0.4 is 4.74 Å². The van der Waals surface area contributed by atoms with Crippen LogP contribution in [0.3, 0.4) is 0 Å². The third-order valence-electron chi connectivity index (χ3n) is 5.60. The summed E-state index contributed by atoms with van der Waals surface area (Å²) < 4.78 is 11.9. The maximum Gasteiger partial charge on any atom is 0.337 e. The Bertz CT molecular complexity index is 1140. The number of ether oxygens (including phenoxy) is 2. The summed E-state index contributed by atoms with van der Waals surface area (Å²) in [6.45, 7) is 10.5. The average molecular weight is 451 g/mol. The maximum atomic E-state index is 12.4. The molecular formula is C27H30O4S. The summed E-state index contributed by atoms with van der Waals surface area (Å²) in [7, 11) is 0. The largest absolute Gasteiger partial charge is 0.493 e. The van der Waals surface area contributed by atoms with Crippen LogP contribution in [0.4, 0.5) is 0 Å². The zero-order valence-electron chi connectivity index (χ0n) is 19.3. The molecule has 0 aliphatic carbocycles. The highest BCUT2D eigenvalue weighted by molar-refractivity contribution is 7.16. The van der Waals surface area contributed by atoms with Gasteiger partial charge < -0.3 is 14.6 Å². The van der Waals surface area contributed by atoms with Crippen LogP contribution in [-0.2, 0) is 16.0 Å². The molecule has 1 aromatic heterocycles. The summed E-state index contributed by atoms with van der Waals surface area (Å²) in [5, 5.41) is 10.2. The van der Waals surface area contributed by atoms with Gasteiger partial charge in [-0.25, -0.2) is 4.79 Å². The first-order chi connectivity index (χ1) is 15.1. The maximum absolute atomic E-state index is 12.4. The third kappa shape index (κ3) is 4.59. The lowest BCUT2D eigenvalue weighted by molar-refractivity contribution is -0.160. The van der Waals surface area contributed by atoms with Gasteiger partial charge in [0.05, 0.1) is 12.2 Å². The molecule has 0 bridgehead atoms. The molecule has 2 heterocycles. The molecule has 0 saturated carbocycles. The highest BCUT2D eigenvalue weighted by atomic mass is 32.1. The molecule has 1 atom stereocenters. The van der Waals surface area contributed by atoms with Gasteiger partial charge in [0.2, 0.25) is 0 Å². The molecule has 5 heteroatoms. The predicted octanol–water partition coefficient (Wildman–Crippen LogP) is 6.96. The number of aryl methyl sites for hydroxylation is 3. The van der Waals surface area contributed by atoms with Crippen LogP contribution in [-0.4, -0.2) is 23.3 Å². The second-order valence-corrected chi connectivity index (χ2v) is 10.6. The van der Waals surface area contributed by atoms with E-state index in [1.165, 1.54) is 11.1 Å². The minimum Gasteiger partial charge on any atom is -0.493 e. The van der Waals surface area contributed by atoms with Crippen LogP contribution in [0.2, 0.25) is 0 Å². The van der Waals surface area contributed by atoms with Crippen molar-refractivity contribution in [3.8, 4) is 27.3 Å². The third-order valence-corrected chi connectivity index (χ3v) is 6.77. The number of aliphatic carboxylic acids is 1. The Hall–Kier alpha value is -2.63. The van der Waals surface area contributed by atoms with E-state index in [4.69, 9.17) is 9.47 Å². The van der Waals surface area contributed by atoms with Crippen LogP contribution >= 0.6 is 11.3 Å². The van der Waals surface area contributed by atoms with E-state index < -0.39 is 17.7 Å². The molecule has 32 heavy (non-hydrogen) atoms. The number of carbonyl (C=O) groups is 1. The van der Waals surface area contributed by atoms with Crippen molar-refractivity contribution < 1.29 is 19.4 Å². The van der Waals surface area contributed by atoms with Crippen molar-refractivity contribution in [1.82, 2.24) is 0 Å². The first kappa shape index (κ1) is 22.6. The molecule has 1 aliphatic rings. The summed E-state index contributed by atoms with van der Waals surface area (Å²) in [5.74, 6) is -0.0510. The van der Waals surface area contributed by atoms with Gasteiger partial charge in [0.1, 0.15) is 5.75 Å². The Morgan fingerprint density at radius 2 is 1.78 bits per heavy atom. The first-order valence-electron chi connectivity index (χ1n) is 11.0. The van der Waals surface area contributed by atoms with Crippen molar-refractivity contribution in [2.75, 3.05) is 6.61 Å². The van der Waals surface area contributed by atoms with Crippen LogP contribution in [0.15, 0.2) is 42.5 Å². The van der Waals surface area contributed by atoms with Crippen molar-refractivity contribution >= 4 is 17.3 Å². The molecule has 1 N–H and O–H groups in total. The van der Waals surface area contributed by atoms with Gasteiger partial charge in [-0.05, 0) is 76.3 Å². The second kappa shape index (κ2) is 8.72. The number of rotatable bonds is 5. The molecule has 4 nitrogen and oxygen atoms in total. The van der Waals surface area contributed by atoms with Gasteiger partial charge in [-0.1, -0.05) is 35.9 Å². The minimum atomic E-state index is -1.05. The van der Waals surface area contributed by atoms with E-state index in [0.717, 1.165) is 57.2 Å². The molecule has 1 aliphatic heterocycles. The van der Waals surface area contributed by atoms with E-state index >= 15 is 0 Å². The van der Waals surface area contributed by atoms with E-state index in [2.05, 4.69) is 37.3 Å². The lowest BCUT2D eigenvalue weighted by atomic mass is 9.91. The van der Waals surface area contributed by atoms with Crippen molar-refractivity contribution in [2.45, 2.75) is 59.2 Å². The van der Waals surface area contributed by atoms with Crippen molar-refractivity contribution in [3.63, 3.8) is 0 Å². The lowest BCUT2D eigenvalue weighted by Gasteiger charge is -2.26. The molecule has 0 amide bonds. The minimum absolute atomic E-state index is 0.595. The quantitative estimate of drug-likeness (QED) is 0.456. The Morgan fingerprint density at radius 1 is 1.09 bits per heavy atom. The Labute approximate surface area is 193 Å². The van der Waals surface area contributed by atoms with E-state index in [0.29, 0.717) is 0 Å². The van der Waals surface area contributed by atoms with Crippen LogP contribution in [0.25, 0.3) is 21.6 Å². The van der Waals surface area contributed by atoms with Crippen molar-refractivity contribution in [3.05, 3.63) is 64.0 Å². The van der Waals surface area contributed by atoms with Crippen molar-refractivity contribution in [2.24, 2.45) is 0 Å². The summed E-state index contributed by atoms with van der Waals surface area (Å²) in [5.41, 5.74) is 5.54. The Balaban J connectivity index is 1.96. The number of carboxylic acids is 1. The topological polar surface area (TPSA) is 55.8 Å². The summed E-state index contributed by atoms with van der Waals surface area (Å²) in [6, 6.07) is 14.6. The van der Waals surface area contributed by atoms with Crippen LogP contribution in [0.1, 0.15) is 54.9 Å². The van der Waals surface area contributed by atoms with Gasteiger partial charge in [-0.15, -0.1) is 11.3 Å². The lowest BCUT2D eigenvalue weighted by Crippen LogP contribution is -2.27. The molecule has 168 valence electrons. The number of carboxylic acid groups (broad SMARTS) is 1. The van der Waals surface area contributed by atoms with Gasteiger partial charge in [0.15, 0.2) is 6.10 Å². The molecule has 1 unspecified atom stereocenters. The molecule has 3 aromatic rings. The van der Waals surface area contributed by atoms with Crippen LogP contribution in [0, 0.1) is 13.8 Å². The fourth-order valence-electron chi connectivity index (χ4n) is 4.17.